The fourth-order valence-electron chi connectivity index (χ4n) is 2.08. The topological polar surface area (TPSA) is 55.6 Å². The van der Waals surface area contributed by atoms with Gasteiger partial charge in [0, 0.05) is 13.1 Å². The van der Waals surface area contributed by atoms with Gasteiger partial charge in [0.25, 0.3) is 0 Å². The summed E-state index contributed by atoms with van der Waals surface area (Å²) in [5.41, 5.74) is 4.44. The van der Waals surface area contributed by atoms with Crippen LogP contribution < -0.4 is 5.73 Å². The summed E-state index contributed by atoms with van der Waals surface area (Å²) in [6.45, 7) is 1.62. The Morgan fingerprint density at radius 2 is 2.00 bits per heavy atom. The maximum atomic E-state index is 13.6. The average Bonchev–Trinajstić information content (AvgIpc) is 2.36. The van der Waals surface area contributed by atoms with E-state index in [9.17, 15) is 13.6 Å². The van der Waals surface area contributed by atoms with Crippen LogP contribution in [0.3, 0.4) is 0 Å². The predicted octanol–water partition coefficient (Wildman–Crippen LogP) is 1.80. The normalized spacial score (nSPS) is 17.4. The smallest absolute Gasteiger partial charge is 0.341 e. The van der Waals surface area contributed by atoms with Crippen LogP contribution in [-0.2, 0) is 4.74 Å². The van der Waals surface area contributed by atoms with E-state index in [0.29, 0.717) is 12.8 Å². The van der Waals surface area contributed by atoms with Crippen molar-refractivity contribution in [1.82, 2.24) is 4.90 Å². The molecule has 0 aliphatic carbocycles. The molecule has 0 saturated carbocycles. The maximum absolute atomic E-state index is 13.6. The molecule has 1 aromatic carbocycles. The van der Waals surface area contributed by atoms with E-state index in [2.05, 4.69) is 4.90 Å². The Morgan fingerprint density at radius 1 is 1.37 bits per heavy atom. The number of halogens is 2. The fraction of sp³-hybridized carbons (Fsp3) is 0.462. The monoisotopic (exact) mass is 270 g/mol. The Morgan fingerprint density at radius 3 is 2.63 bits per heavy atom. The van der Waals surface area contributed by atoms with Crippen molar-refractivity contribution >= 4 is 11.7 Å². The number of rotatable bonds is 2. The van der Waals surface area contributed by atoms with Crippen LogP contribution in [0.5, 0.6) is 0 Å². The van der Waals surface area contributed by atoms with Crippen molar-refractivity contribution in [3.05, 3.63) is 29.3 Å². The van der Waals surface area contributed by atoms with Gasteiger partial charge in [-0.05, 0) is 32.0 Å². The largest absolute Gasteiger partial charge is 0.459 e. The molecule has 0 aromatic heterocycles. The zero-order valence-corrected chi connectivity index (χ0v) is 10.7. The first-order valence-corrected chi connectivity index (χ1v) is 6.11. The quantitative estimate of drug-likeness (QED) is 0.657. The van der Waals surface area contributed by atoms with Gasteiger partial charge in [0.2, 0.25) is 0 Å². The van der Waals surface area contributed by atoms with Crippen molar-refractivity contribution in [2.45, 2.75) is 18.9 Å². The van der Waals surface area contributed by atoms with Crippen molar-refractivity contribution < 1.29 is 18.3 Å². The molecule has 2 N–H and O–H groups in total. The van der Waals surface area contributed by atoms with Gasteiger partial charge in [-0.2, -0.15) is 0 Å². The highest BCUT2D eigenvalue weighted by Crippen LogP contribution is 2.20. The van der Waals surface area contributed by atoms with Crippen LogP contribution in [0.2, 0.25) is 0 Å². The molecule has 1 heterocycles. The van der Waals surface area contributed by atoms with Gasteiger partial charge in [0.15, 0.2) is 5.82 Å². The minimum Gasteiger partial charge on any atom is -0.459 e. The van der Waals surface area contributed by atoms with Crippen LogP contribution in [0.15, 0.2) is 12.1 Å². The SMILES string of the molecule is CN1CCC(OC(=O)c2cc(F)cc(N)c2F)CC1. The number of hydrogen-bond acceptors (Lipinski definition) is 4. The number of piperidine rings is 1. The van der Waals surface area contributed by atoms with E-state index >= 15 is 0 Å². The van der Waals surface area contributed by atoms with E-state index in [1.807, 2.05) is 7.05 Å². The van der Waals surface area contributed by atoms with Gasteiger partial charge in [-0.1, -0.05) is 0 Å². The number of esters is 1. The molecule has 2 rings (SSSR count). The molecule has 1 aliphatic heterocycles. The molecule has 0 unspecified atom stereocenters. The summed E-state index contributed by atoms with van der Waals surface area (Å²) in [5.74, 6) is -2.55. The lowest BCUT2D eigenvalue weighted by Crippen LogP contribution is -2.35. The van der Waals surface area contributed by atoms with Crippen LogP contribution in [0.4, 0.5) is 14.5 Å². The predicted molar refractivity (Wildman–Crippen MR) is 66.7 cm³/mol. The minimum atomic E-state index is -0.931. The molecular formula is C13H16F2N2O2. The first-order valence-electron chi connectivity index (χ1n) is 6.11. The second-order valence-electron chi connectivity index (χ2n) is 4.76. The van der Waals surface area contributed by atoms with Crippen molar-refractivity contribution in [3.8, 4) is 0 Å². The molecule has 4 nitrogen and oxygen atoms in total. The van der Waals surface area contributed by atoms with Gasteiger partial charge >= 0.3 is 5.97 Å². The molecule has 104 valence electrons. The molecule has 0 atom stereocenters. The van der Waals surface area contributed by atoms with Crippen molar-refractivity contribution in [3.63, 3.8) is 0 Å². The Bertz CT molecular complexity index is 486. The number of hydrogen-bond donors (Lipinski definition) is 1. The van der Waals surface area contributed by atoms with Crippen molar-refractivity contribution in [2.75, 3.05) is 25.9 Å². The van der Waals surface area contributed by atoms with Gasteiger partial charge in [-0.15, -0.1) is 0 Å². The van der Waals surface area contributed by atoms with Gasteiger partial charge in [-0.25, -0.2) is 13.6 Å². The Kier molecular flexibility index (Phi) is 3.99. The third-order valence-electron chi connectivity index (χ3n) is 3.22. The summed E-state index contributed by atoms with van der Waals surface area (Å²) < 4.78 is 32.0. The van der Waals surface area contributed by atoms with Gasteiger partial charge < -0.3 is 15.4 Å². The second kappa shape index (κ2) is 5.52. The highest BCUT2D eigenvalue weighted by Gasteiger charge is 2.24. The molecule has 19 heavy (non-hydrogen) atoms. The van der Waals surface area contributed by atoms with Crippen LogP contribution in [-0.4, -0.2) is 37.1 Å². The number of carbonyl (C=O) groups excluding carboxylic acids is 1. The highest BCUT2D eigenvalue weighted by molar-refractivity contribution is 5.91. The van der Waals surface area contributed by atoms with E-state index in [4.69, 9.17) is 10.5 Å². The Balaban J connectivity index is 2.08. The fourth-order valence-corrected chi connectivity index (χ4v) is 2.08. The van der Waals surface area contributed by atoms with Crippen LogP contribution in [0.25, 0.3) is 0 Å². The summed E-state index contributed by atoms with van der Waals surface area (Å²) in [6, 6.07) is 1.64. The molecule has 1 saturated heterocycles. The molecular weight excluding hydrogens is 254 g/mol. The Labute approximate surface area is 110 Å². The lowest BCUT2D eigenvalue weighted by molar-refractivity contribution is 0.0134. The van der Waals surface area contributed by atoms with Crippen molar-refractivity contribution in [1.29, 1.82) is 0 Å². The molecule has 0 radical (unpaired) electrons. The molecule has 1 aromatic rings. The van der Waals surface area contributed by atoms with E-state index < -0.39 is 28.9 Å². The first-order chi connectivity index (χ1) is 8.97. The minimum absolute atomic E-state index is 0.257. The second-order valence-corrected chi connectivity index (χ2v) is 4.76. The van der Waals surface area contributed by atoms with E-state index in [1.54, 1.807) is 0 Å². The number of anilines is 1. The van der Waals surface area contributed by atoms with E-state index in [1.165, 1.54) is 0 Å². The summed E-state index contributed by atoms with van der Waals surface area (Å²) in [6.07, 6.45) is 1.12. The zero-order valence-electron chi connectivity index (χ0n) is 10.7. The lowest BCUT2D eigenvalue weighted by atomic mass is 10.1. The first kappa shape index (κ1) is 13.7. The summed E-state index contributed by atoms with van der Waals surface area (Å²) >= 11 is 0. The maximum Gasteiger partial charge on any atom is 0.341 e. The Hall–Kier alpha value is -1.69. The summed E-state index contributed by atoms with van der Waals surface area (Å²) in [7, 11) is 1.98. The molecule has 0 amide bonds. The average molecular weight is 270 g/mol. The van der Waals surface area contributed by atoms with Crippen LogP contribution in [0, 0.1) is 11.6 Å². The van der Waals surface area contributed by atoms with Gasteiger partial charge in [0.1, 0.15) is 17.5 Å². The zero-order chi connectivity index (χ0) is 14.0. The summed E-state index contributed by atoms with van der Waals surface area (Å²) in [5, 5.41) is 0. The number of ether oxygens (including phenoxy) is 1. The lowest BCUT2D eigenvalue weighted by Gasteiger charge is -2.28. The molecule has 1 aliphatic rings. The number of nitrogens with two attached hydrogens (primary N) is 1. The highest BCUT2D eigenvalue weighted by atomic mass is 19.1. The van der Waals surface area contributed by atoms with Crippen LogP contribution in [0.1, 0.15) is 23.2 Å². The number of nitrogens with zero attached hydrogens (tertiary/aromatic N) is 1. The molecule has 6 heteroatoms. The molecule has 0 bridgehead atoms. The number of benzene rings is 1. The van der Waals surface area contributed by atoms with E-state index in [0.717, 1.165) is 25.2 Å². The van der Waals surface area contributed by atoms with E-state index in [-0.39, 0.29) is 6.10 Å². The number of likely N-dealkylation sites (tertiary alicyclic amines) is 1. The molecule has 1 fully saturated rings. The molecule has 0 spiro atoms. The third-order valence-corrected chi connectivity index (χ3v) is 3.22. The van der Waals surface area contributed by atoms with Gasteiger partial charge in [0.05, 0.1) is 5.69 Å². The summed E-state index contributed by atoms with van der Waals surface area (Å²) in [4.78, 5) is 13.9. The number of nitrogen functional groups attached to an aromatic ring is 1. The number of carbonyl (C=O) groups is 1. The van der Waals surface area contributed by atoms with Crippen LogP contribution >= 0.6 is 0 Å². The standard InChI is InChI=1S/C13H16F2N2O2/c1-17-4-2-9(3-5-17)19-13(18)10-6-8(14)7-11(16)12(10)15/h6-7,9H,2-5,16H2,1H3. The third kappa shape index (κ3) is 3.20. The van der Waals surface area contributed by atoms with Crippen molar-refractivity contribution in [2.24, 2.45) is 0 Å². The van der Waals surface area contributed by atoms with Gasteiger partial charge in [-0.3, -0.25) is 0 Å².